The number of anilines is 1. The largest absolute Gasteiger partial charge is 0.330 e. The average Bonchev–Trinajstić information content (AvgIpc) is 2.93. The molecule has 0 spiro atoms. The number of nitrogens with two attached hydrogens (primary N) is 1. The second kappa shape index (κ2) is 4.44. The van der Waals surface area contributed by atoms with Gasteiger partial charge in [-0.25, -0.2) is 4.98 Å². The highest BCUT2D eigenvalue weighted by Gasteiger charge is 2.33. The van der Waals surface area contributed by atoms with Crippen LogP contribution in [0, 0.1) is 5.92 Å². The molecule has 0 bridgehead atoms. The Labute approximate surface area is 109 Å². The molecule has 1 saturated heterocycles. The van der Waals surface area contributed by atoms with E-state index in [4.69, 9.17) is 5.73 Å². The minimum Gasteiger partial charge on any atom is -0.330 e. The van der Waals surface area contributed by atoms with E-state index >= 15 is 0 Å². The molecule has 0 radical (unpaired) electrons. The van der Waals surface area contributed by atoms with Crippen molar-refractivity contribution in [3.05, 3.63) is 10.6 Å². The van der Waals surface area contributed by atoms with Crippen molar-refractivity contribution in [2.45, 2.75) is 25.7 Å². The van der Waals surface area contributed by atoms with Gasteiger partial charge in [-0.1, -0.05) is 11.3 Å². The van der Waals surface area contributed by atoms with Crippen LogP contribution in [0.25, 0.3) is 0 Å². The monoisotopic (exact) mass is 265 g/mol. The van der Waals surface area contributed by atoms with E-state index in [9.17, 15) is 9.59 Å². The Bertz CT molecular complexity index is 511. The lowest BCUT2D eigenvalue weighted by Gasteiger charge is -2.11. The van der Waals surface area contributed by atoms with E-state index in [1.807, 2.05) is 0 Å². The topological polar surface area (TPSA) is 76.3 Å². The molecule has 1 atom stereocenters. The summed E-state index contributed by atoms with van der Waals surface area (Å²) in [6.45, 7) is 1.15. The molecule has 6 heteroatoms. The quantitative estimate of drug-likeness (QED) is 0.864. The fourth-order valence-corrected chi connectivity index (χ4v) is 3.60. The summed E-state index contributed by atoms with van der Waals surface area (Å²) in [5.74, 6) is 0.458. The van der Waals surface area contributed by atoms with Crippen molar-refractivity contribution >= 4 is 28.2 Å². The van der Waals surface area contributed by atoms with Gasteiger partial charge in [0.1, 0.15) is 0 Å². The van der Waals surface area contributed by atoms with Gasteiger partial charge in [-0.3, -0.25) is 14.5 Å². The molecule has 5 nitrogen and oxygen atoms in total. The first kappa shape index (κ1) is 11.8. The predicted octanol–water partition coefficient (Wildman–Crippen LogP) is 0.974. The summed E-state index contributed by atoms with van der Waals surface area (Å²) >= 11 is 1.36. The van der Waals surface area contributed by atoms with E-state index in [0.29, 0.717) is 31.1 Å². The third kappa shape index (κ3) is 1.85. The summed E-state index contributed by atoms with van der Waals surface area (Å²) in [4.78, 5) is 30.6. The van der Waals surface area contributed by atoms with Crippen molar-refractivity contribution in [2.75, 3.05) is 18.0 Å². The zero-order valence-corrected chi connectivity index (χ0v) is 10.8. The van der Waals surface area contributed by atoms with Gasteiger partial charge in [0.05, 0.1) is 10.6 Å². The van der Waals surface area contributed by atoms with Crippen LogP contribution in [0.1, 0.15) is 34.6 Å². The normalized spacial score (nSPS) is 23.6. The molecular formula is C12H15N3O2S. The standard InChI is InChI=1S/C12H15N3O2S/c13-5-7-4-10(17)15(6-7)12-14-8-2-1-3-9(16)11(8)18-12/h7H,1-6,13H2. The van der Waals surface area contributed by atoms with Crippen LogP contribution in [0.5, 0.6) is 0 Å². The SMILES string of the molecule is NCC1CC(=O)N(c2nc3c(s2)C(=O)CCC3)C1. The highest BCUT2D eigenvalue weighted by molar-refractivity contribution is 7.17. The van der Waals surface area contributed by atoms with Crippen molar-refractivity contribution in [2.24, 2.45) is 11.7 Å². The van der Waals surface area contributed by atoms with Gasteiger partial charge in [0, 0.05) is 19.4 Å². The Morgan fingerprint density at radius 1 is 1.39 bits per heavy atom. The van der Waals surface area contributed by atoms with Crippen LogP contribution in [0.3, 0.4) is 0 Å². The summed E-state index contributed by atoms with van der Waals surface area (Å²) in [5, 5.41) is 0.677. The Hall–Kier alpha value is -1.27. The molecule has 3 rings (SSSR count). The number of rotatable bonds is 2. The molecule has 96 valence electrons. The van der Waals surface area contributed by atoms with Gasteiger partial charge in [-0.2, -0.15) is 0 Å². The van der Waals surface area contributed by atoms with Crippen LogP contribution < -0.4 is 10.6 Å². The number of nitrogens with zero attached hydrogens (tertiary/aromatic N) is 2. The molecule has 2 heterocycles. The molecule has 2 N–H and O–H groups in total. The minimum absolute atomic E-state index is 0.0731. The predicted molar refractivity (Wildman–Crippen MR) is 68.9 cm³/mol. The smallest absolute Gasteiger partial charge is 0.229 e. The summed E-state index contributed by atoms with van der Waals surface area (Å²) < 4.78 is 0. The zero-order chi connectivity index (χ0) is 12.7. The highest BCUT2D eigenvalue weighted by atomic mass is 32.1. The fourth-order valence-electron chi connectivity index (χ4n) is 2.50. The van der Waals surface area contributed by atoms with Gasteiger partial charge in [0.15, 0.2) is 10.9 Å². The first-order chi connectivity index (χ1) is 8.69. The van der Waals surface area contributed by atoms with Gasteiger partial charge in [-0.05, 0) is 25.3 Å². The molecule has 1 unspecified atom stereocenters. The number of aromatic nitrogens is 1. The summed E-state index contributed by atoms with van der Waals surface area (Å²) in [7, 11) is 0. The van der Waals surface area contributed by atoms with Crippen molar-refractivity contribution in [3.8, 4) is 0 Å². The van der Waals surface area contributed by atoms with Gasteiger partial charge in [0.2, 0.25) is 5.91 Å². The highest BCUT2D eigenvalue weighted by Crippen LogP contribution is 2.34. The lowest BCUT2D eigenvalue weighted by atomic mass is 10.0. The maximum Gasteiger partial charge on any atom is 0.229 e. The molecule has 1 fully saturated rings. The van der Waals surface area contributed by atoms with Crippen molar-refractivity contribution in [1.29, 1.82) is 0 Å². The zero-order valence-electron chi connectivity index (χ0n) is 10.0. The number of hydrogen-bond donors (Lipinski definition) is 1. The van der Waals surface area contributed by atoms with Crippen molar-refractivity contribution in [1.82, 2.24) is 4.98 Å². The summed E-state index contributed by atoms with van der Waals surface area (Å²) in [6, 6.07) is 0. The molecule has 0 aromatic carbocycles. The minimum atomic E-state index is 0.0731. The Balaban J connectivity index is 1.89. The van der Waals surface area contributed by atoms with Gasteiger partial charge in [0.25, 0.3) is 0 Å². The van der Waals surface area contributed by atoms with E-state index in [1.165, 1.54) is 11.3 Å². The van der Waals surface area contributed by atoms with Gasteiger partial charge in [-0.15, -0.1) is 0 Å². The molecule has 1 amide bonds. The lowest BCUT2D eigenvalue weighted by molar-refractivity contribution is -0.117. The van der Waals surface area contributed by atoms with E-state index in [0.717, 1.165) is 23.4 Å². The average molecular weight is 265 g/mol. The van der Waals surface area contributed by atoms with Gasteiger partial charge >= 0.3 is 0 Å². The van der Waals surface area contributed by atoms with Crippen molar-refractivity contribution < 1.29 is 9.59 Å². The van der Waals surface area contributed by atoms with E-state index in [-0.39, 0.29) is 17.6 Å². The number of thiazole rings is 1. The molecule has 1 aliphatic heterocycles. The Kier molecular flexibility index (Phi) is 2.91. The fraction of sp³-hybridized carbons (Fsp3) is 0.583. The number of carbonyl (C=O) groups excluding carboxylic acids is 2. The first-order valence-corrected chi connectivity index (χ1v) is 7.04. The first-order valence-electron chi connectivity index (χ1n) is 6.22. The number of amides is 1. The second-order valence-corrected chi connectivity index (χ2v) is 5.84. The van der Waals surface area contributed by atoms with E-state index in [2.05, 4.69) is 4.98 Å². The molecule has 1 aromatic rings. The molecule has 1 aliphatic carbocycles. The van der Waals surface area contributed by atoms with E-state index in [1.54, 1.807) is 4.90 Å². The van der Waals surface area contributed by atoms with Crippen molar-refractivity contribution in [3.63, 3.8) is 0 Å². The molecule has 18 heavy (non-hydrogen) atoms. The molecule has 1 aromatic heterocycles. The number of carbonyl (C=O) groups is 2. The van der Waals surface area contributed by atoms with Crippen LogP contribution in [0.4, 0.5) is 5.13 Å². The third-order valence-corrected chi connectivity index (χ3v) is 4.69. The lowest BCUT2D eigenvalue weighted by Crippen LogP contribution is -2.25. The molecular weight excluding hydrogens is 250 g/mol. The second-order valence-electron chi connectivity index (χ2n) is 4.86. The van der Waals surface area contributed by atoms with Gasteiger partial charge < -0.3 is 5.73 Å². The van der Waals surface area contributed by atoms with Crippen LogP contribution in [-0.4, -0.2) is 29.8 Å². The van der Waals surface area contributed by atoms with Crippen LogP contribution in [0.15, 0.2) is 0 Å². The Morgan fingerprint density at radius 2 is 2.22 bits per heavy atom. The third-order valence-electron chi connectivity index (χ3n) is 3.53. The number of aryl methyl sites for hydroxylation is 1. The van der Waals surface area contributed by atoms with E-state index < -0.39 is 0 Å². The number of fused-ring (bicyclic) bond motifs is 1. The van der Waals surface area contributed by atoms with Crippen LogP contribution in [0.2, 0.25) is 0 Å². The maximum atomic E-state index is 11.9. The molecule has 0 saturated carbocycles. The number of Topliss-reactive ketones (excluding diaryl/α,β-unsaturated/α-hetero) is 1. The van der Waals surface area contributed by atoms with Crippen LogP contribution in [-0.2, 0) is 11.2 Å². The summed E-state index contributed by atoms with van der Waals surface area (Å²) in [6.07, 6.45) is 2.82. The van der Waals surface area contributed by atoms with Crippen LogP contribution >= 0.6 is 11.3 Å². The molecule has 2 aliphatic rings. The summed E-state index contributed by atoms with van der Waals surface area (Å²) in [5.41, 5.74) is 6.48. The maximum absolute atomic E-state index is 11.9. The number of ketones is 1. The Morgan fingerprint density at radius 3 is 2.89 bits per heavy atom. The number of hydrogen-bond acceptors (Lipinski definition) is 5.